The van der Waals surface area contributed by atoms with E-state index in [0.717, 1.165) is 30.6 Å². The predicted octanol–water partition coefficient (Wildman–Crippen LogP) is 5.13. The van der Waals surface area contributed by atoms with Gasteiger partial charge in [0.15, 0.2) is 0 Å². The van der Waals surface area contributed by atoms with Crippen molar-refractivity contribution in [2.24, 2.45) is 0 Å². The van der Waals surface area contributed by atoms with Crippen LogP contribution < -0.4 is 0 Å². The second kappa shape index (κ2) is 11.7. The summed E-state index contributed by atoms with van der Waals surface area (Å²) in [6.07, 6.45) is 11.6. The second-order valence-electron chi connectivity index (χ2n) is 9.79. The van der Waals surface area contributed by atoms with Gasteiger partial charge >= 0.3 is 5.97 Å². The van der Waals surface area contributed by atoms with E-state index in [4.69, 9.17) is 0 Å². The fourth-order valence-corrected chi connectivity index (χ4v) is 5.27. The number of ether oxygens (including phenoxy) is 1. The quantitative estimate of drug-likeness (QED) is 0.212. The molecule has 2 aromatic carbocycles. The largest absolute Gasteiger partial charge is 0.468 e. The SMILES string of the molecule is CCCCCCCCCCCCN1C(=O)c2ccc3c4c(ccc(c24)C1=O)C(=O)N(CC(=O)OC)C3=O. The molecule has 0 aromatic heterocycles. The molecule has 4 rings (SSSR count). The summed E-state index contributed by atoms with van der Waals surface area (Å²) in [4.78, 5) is 66.6. The topological polar surface area (TPSA) is 101 Å². The van der Waals surface area contributed by atoms with Crippen LogP contribution in [-0.4, -0.2) is 59.6 Å². The minimum Gasteiger partial charge on any atom is -0.468 e. The van der Waals surface area contributed by atoms with E-state index in [2.05, 4.69) is 11.7 Å². The van der Waals surface area contributed by atoms with Crippen LogP contribution in [0.3, 0.4) is 0 Å². The average molecular weight is 507 g/mol. The van der Waals surface area contributed by atoms with Gasteiger partial charge in [-0.25, -0.2) is 0 Å². The van der Waals surface area contributed by atoms with Gasteiger partial charge in [0.25, 0.3) is 23.6 Å². The fraction of sp³-hybridized carbons (Fsp3) is 0.483. The van der Waals surface area contributed by atoms with Crippen LogP contribution in [0.15, 0.2) is 24.3 Å². The zero-order valence-corrected chi connectivity index (χ0v) is 21.6. The van der Waals surface area contributed by atoms with Gasteiger partial charge in [-0.05, 0) is 30.7 Å². The summed E-state index contributed by atoms with van der Waals surface area (Å²) in [6.45, 7) is 2.04. The Labute approximate surface area is 216 Å². The van der Waals surface area contributed by atoms with Gasteiger partial charge in [-0.1, -0.05) is 64.7 Å². The molecule has 2 heterocycles. The molecular formula is C29H34N2O6. The molecule has 0 bridgehead atoms. The molecule has 2 aromatic rings. The number of amides is 4. The van der Waals surface area contributed by atoms with Gasteiger partial charge in [0.2, 0.25) is 0 Å². The van der Waals surface area contributed by atoms with Crippen molar-refractivity contribution < 1.29 is 28.7 Å². The third-order valence-electron chi connectivity index (χ3n) is 7.31. The van der Waals surface area contributed by atoms with Crippen molar-refractivity contribution in [3.8, 4) is 0 Å². The molecule has 196 valence electrons. The molecular weight excluding hydrogens is 472 g/mol. The van der Waals surface area contributed by atoms with Crippen molar-refractivity contribution in [2.75, 3.05) is 20.2 Å². The molecule has 4 amide bonds. The van der Waals surface area contributed by atoms with Crippen LogP contribution in [0.1, 0.15) is 113 Å². The summed E-state index contributed by atoms with van der Waals surface area (Å²) < 4.78 is 4.61. The normalized spacial score (nSPS) is 14.6. The van der Waals surface area contributed by atoms with Crippen LogP contribution >= 0.6 is 0 Å². The van der Waals surface area contributed by atoms with Crippen LogP contribution in [0.5, 0.6) is 0 Å². The highest BCUT2D eigenvalue weighted by molar-refractivity contribution is 6.33. The van der Waals surface area contributed by atoms with E-state index in [9.17, 15) is 24.0 Å². The van der Waals surface area contributed by atoms with E-state index in [1.165, 1.54) is 74.8 Å². The predicted molar refractivity (Wildman–Crippen MR) is 139 cm³/mol. The molecule has 0 unspecified atom stereocenters. The molecule has 0 saturated carbocycles. The number of benzene rings is 2. The molecule has 8 heteroatoms. The molecule has 0 radical (unpaired) electrons. The minimum atomic E-state index is -0.719. The van der Waals surface area contributed by atoms with E-state index in [-0.39, 0.29) is 11.1 Å². The zero-order valence-electron chi connectivity index (χ0n) is 21.6. The van der Waals surface area contributed by atoms with Crippen LogP contribution in [0, 0.1) is 0 Å². The Hall–Kier alpha value is -3.55. The molecule has 0 aliphatic carbocycles. The summed E-state index contributed by atoms with van der Waals surface area (Å²) in [6, 6.07) is 6.07. The number of esters is 1. The van der Waals surface area contributed by atoms with Gasteiger partial charge in [0.1, 0.15) is 6.54 Å². The van der Waals surface area contributed by atoms with E-state index in [1.807, 2.05) is 0 Å². The molecule has 2 aliphatic rings. The molecule has 0 fully saturated rings. The Kier molecular flexibility index (Phi) is 8.36. The lowest BCUT2D eigenvalue weighted by Gasteiger charge is -2.31. The van der Waals surface area contributed by atoms with Crippen molar-refractivity contribution >= 4 is 40.4 Å². The van der Waals surface area contributed by atoms with Crippen molar-refractivity contribution in [1.82, 2.24) is 9.80 Å². The fourth-order valence-electron chi connectivity index (χ4n) is 5.27. The number of carbonyl (C=O) groups is 5. The number of unbranched alkanes of at least 4 members (excludes halogenated alkanes) is 9. The van der Waals surface area contributed by atoms with Gasteiger partial charge in [0.05, 0.1) is 7.11 Å². The van der Waals surface area contributed by atoms with Gasteiger partial charge < -0.3 is 4.74 Å². The Morgan fingerprint density at radius 1 is 0.622 bits per heavy atom. The van der Waals surface area contributed by atoms with E-state index >= 15 is 0 Å². The van der Waals surface area contributed by atoms with E-state index < -0.39 is 36.1 Å². The lowest BCUT2D eigenvalue weighted by Crippen LogP contribution is -2.45. The number of methoxy groups -OCH3 is 1. The molecule has 0 atom stereocenters. The third kappa shape index (κ3) is 5.15. The first-order chi connectivity index (χ1) is 17.9. The summed E-state index contributed by atoms with van der Waals surface area (Å²) in [5.41, 5.74) is 0.985. The van der Waals surface area contributed by atoms with Crippen molar-refractivity contribution in [3.63, 3.8) is 0 Å². The molecule has 2 aliphatic heterocycles. The zero-order chi connectivity index (χ0) is 26.5. The van der Waals surface area contributed by atoms with Crippen LogP contribution in [0.25, 0.3) is 10.8 Å². The Bertz CT molecular complexity index is 1180. The number of rotatable bonds is 13. The van der Waals surface area contributed by atoms with Crippen molar-refractivity contribution in [3.05, 3.63) is 46.5 Å². The summed E-state index contributed by atoms with van der Waals surface area (Å²) in [7, 11) is 1.18. The molecule has 37 heavy (non-hydrogen) atoms. The van der Waals surface area contributed by atoms with Crippen LogP contribution in [-0.2, 0) is 9.53 Å². The summed E-state index contributed by atoms with van der Waals surface area (Å²) in [5.74, 6) is -2.84. The smallest absolute Gasteiger partial charge is 0.325 e. The number of carbonyl (C=O) groups excluding carboxylic acids is 5. The summed E-state index contributed by atoms with van der Waals surface area (Å²) in [5, 5.41) is 0.634. The molecule has 0 N–H and O–H groups in total. The van der Waals surface area contributed by atoms with E-state index in [0.29, 0.717) is 28.4 Å². The van der Waals surface area contributed by atoms with Gasteiger partial charge in [-0.3, -0.25) is 33.8 Å². The highest BCUT2D eigenvalue weighted by Crippen LogP contribution is 2.37. The maximum atomic E-state index is 13.3. The Morgan fingerprint density at radius 3 is 1.41 bits per heavy atom. The van der Waals surface area contributed by atoms with E-state index in [1.54, 1.807) is 0 Å². The van der Waals surface area contributed by atoms with Crippen molar-refractivity contribution in [1.29, 1.82) is 0 Å². The van der Waals surface area contributed by atoms with Crippen LogP contribution in [0.2, 0.25) is 0 Å². The summed E-state index contributed by atoms with van der Waals surface area (Å²) >= 11 is 0. The Balaban J connectivity index is 1.46. The average Bonchev–Trinajstić information content (AvgIpc) is 2.90. The highest BCUT2D eigenvalue weighted by atomic mass is 16.5. The first-order valence-electron chi connectivity index (χ1n) is 13.3. The number of hydrogen-bond donors (Lipinski definition) is 0. The molecule has 0 spiro atoms. The number of hydrogen-bond acceptors (Lipinski definition) is 6. The molecule has 0 saturated heterocycles. The van der Waals surface area contributed by atoms with Gasteiger partial charge in [-0.2, -0.15) is 0 Å². The third-order valence-corrected chi connectivity index (χ3v) is 7.31. The maximum Gasteiger partial charge on any atom is 0.325 e. The molecule has 8 nitrogen and oxygen atoms in total. The van der Waals surface area contributed by atoms with Crippen molar-refractivity contribution in [2.45, 2.75) is 71.1 Å². The minimum absolute atomic E-state index is 0.183. The standard InChI is InChI=1S/C29H34N2O6/c1-3-4-5-6-7-8-9-10-11-12-17-30-26(33)19-13-15-21-25-22(16-14-20(24(19)25)27(30)34)29(36)31(28(21)35)18-23(32)37-2/h13-16H,3-12,17-18H2,1-2H3. The monoisotopic (exact) mass is 506 g/mol. The second-order valence-corrected chi connectivity index (χ2v) is 9.79. The lowest BCUT2D eigenvalue weighted by molar-refractivity contribution is -0.140. The highest BCUT2D eigenvalue weighted by Gasteiger charge is 2.40. The van der Waals surface area contributed by atoms with Crippen LogP contribution in [0.4, 0.5) is 0 Å². The maximum absolute atomic E-state index is 13.3. The first-order valence-corrected chi connectivity index (χ1v) is 13.3. The van der Waals surface area contributed by atoms with Gasteiger partial charge in [0, 0.05) is 39.6 Å². The lowest BCUT2D eigenvalue weighted by atomic mass is 9.86. The van der Waals surface area contributed by atoms with Gasteiger partial charge in [-0.15, -0.1) is 0 Å². The number of nitrogens with zero attached hydrogens (tertiary/aromatic N) is 2. The Morgan fingerprint density at radius 2 is 1.00 bits per heavy atom. The first kappa shape index (κ1) is 26.5. The number of imide groups is 2.